The topological polar surface area (TPSA) is 55.8 Å². The zero-order valence-electron chi connectivity index (χ0n) is 11.9. The molecule has 1 saturated heterocycles. The van der Waals surface area contributed by atoms with Gasteiger partial charge in [0.05, 0.1) is 19.6 Å². The summed E-state index contributed by atoms with van der Waals surface area (Å²) >= 11 is 1.66. The van der Waals surface area contributed by atoms with Crippen molar-refractivity contribution in [3.05, 3.63) is 0 Å². The van der Waals surface area contributed by atoms with Crippen molar-refractivity contribution < 1.29 is 19.1 Å². The molecule has 0 bridgehead atoms. The molecule has 1 heterocycles. The number of hydrogen-bond donors (Lipinski definition) is 0. The van der Waals surface area contributed by atoms with Gasteiger partial charge in [0.25, 0.3) is 0 Å². The smallest absolute Gasteiger partial charge is 0.410 e. The summed E-state index contributed by atoms with van der Waals surface area (Å²) in [6.07, 6.45) is 1.58. The number of amides is 1. The van der Waals surface area contributed by atoms with Crippen molar-refractivity contribution in [3.63, 3.8) is 0 Å². The van der Waals surface area contributed by atoms with Gasteiger partial charge in [0.15, 0.2) is 0 Å². The first-order valence-electron chi connectivity index (χ1n) is 6.83. The zero-order valence-corrected chi connectivity index (χ0v) is 12.8. The lowest BCUT2D eigenvalue weighted by atomic mass is 10.1. The van der Waals surface area contributed by atoms with Gasteiger partial charge in [0.1, 0.15) is 4.87 Å². The van der Waals surface area contributed by atoms with E-state index in [4.69, 9.17) is 9.47 Å². The molecule has 1 aliphatic heterocycles. The Morgan fingerprint density at radius 3 is 2.47 bits per heavy atom. The molecule has 1 unspecified atom stereocenters. The highest BCUT2D eigenvalue weighted by molar-refractivity contribution is 8.00. The minimum atomic E-state index is -0.493. The molecule has 19 heavy (non-hydrogen) atoms. The summed E-state index contributed by atoms with van der Waals surface area (Å²) in [5, 5.41) is 0. The van der Waals surface area contributed by atoms with Crippen molar-refractivity contribution in [1.82, 2.24) is 4.90 Å². The van der Waals surface area contributed by atoms with Gasteiger partial charge in [-0.05, 0) is 20.3 Å². The van der Waals surface area contributed by atoms with E-state index in [1.807, 2.05) is 0 Å². The lowest BCUT2D eigenvalue weighted by Crippen LogP contribution is -2.47. The molecule has 6 heteroatoms. The quantitative estimate of drug-likeness (QED) is 0.704. The van der Waals surface area contributed by atoms with Crippen molar-refractivity contribution in [2.45, 2.75) is 44.9 Å². The Hall–Kier alpha value is -0.910. The summed E-state index contributed by atoms with van der Waals surface area (Å²) in [6.45, 7) is 6.97. The minimum Gasteiger partial charge on any atom is -0.466 e. The number of hydrogen-bond acceptors (Lipinski definition) is 5. The SMILES string of the molecule is CCCC1(CC(=O)OCC)SCCN1C(=O)OCC. The molecule has 0 aromatic heterocycles. The van der Waals surface area contributed by atoms with E-state index in [2.05, 4.69) is 6.92 Å². The average molecular weight is 289 g/mol. The summed E-state index contributed by atoms with van der Waals surface area (Å²) in [7, 11) is 0. The second kappa shape index (κ2) is 7.62. The third kappa shape index (κ3) is 4.03. The first-order valence-corrected chi connectivity index (χ1v) is 7.82. The predicted octanol–water partition coefficient (Wildman–Crippen LogP) is 2.64. The molecule has 0 N–H and O–H groups in total. The molecule has 0 aromatic rings. The van der Waals surface area contributed by atoms with Crippen molar-refractivity contribution in [1.29, 1.82) is 0 Å². The third-order valence-corrected chi connectivity index (χ3v) is 4.53. The van der Waals surface area contributed by atoms with Crippen LogP contribution in [0.2, 0.25) is 0 Å². The standard InChI is InChI=1S/C13H23NO4S/c1-4-7-13(10-11(15)17-5-2)14(8-9-19-13)12(16)18-6-3/h4-10H2,1-3H3. The molecule has 1 aliphatic rings. The van der Waals surface area contributed by atoms with Gasteiger partial charge in [0.2, 0.25) is 0 Å². The number of nitrogens with zero attached hydrogens (tertiary/aromatic N) is 1. The number of esters is 1. The van der Waals surface area contributed by atoms with Crippen LogP contribution < -0.4 is 0 Å². The molecule has 1 fully saturated rings. The fourth-order valence-electron chi connectivity index (χ4n) is 2.34. The summed E-state index contributed by atoms with van der Waals surface area (Å²) in [5.74, 6) is 0.581. The zero-order chi connectivity index (χ0) is 14.3. The van der Waals surface area contributed by atoms with Gasteiger partial charge in [-0.3, -0.25) is 9.69 Å². The lowest BCUT2D eigenvalue weighted by molar-refractivity contribution is -0.144. The van der Waals surface area contributed by atoms with E-state index in [9.17, 15) is 9.59 Å². The Morgan fingerprint density at radius 2 is 1.89 bits per heavy atom. The minimum absolute atomic E-state index is 0.234. The summed E-state index contributed by atoms with van der Waals surface area (Å²) < 4.78 is 10.1. The maximum atomic E-state index is 12.0. The highest BCUT2D eigenvalue weighted by Gasteiger charge is 2.46. The van der Waals surface area contributed by atoms with E-state index >= 15 is 0 Å². The number of carbonyl (C=O) groups is 2. The van der Waals surface area contributed by atoms with Crippen molar-refractivity contribution in [2.24, 2.45) is 0 Å². The van der Waals surface area contributed by atoms with Crippen molar-refractivity contribution >= 4 is 23.8 Å². The van der Waals surface area contributed by atoms with E-state index in [1.54, 1.807) is 30.5 Å². The molecule has 1 atom stereocenters. The molecule has 0 radical (unpaired) electrons. The highest BCUT2D eigenvalue weighted by Crippen LogP contribution is 2.43. The number of rotatable bonds is 6. The third-order valence-electron chi connectivity index (χ3n) is 3.03. The maximum absolute atomic E-state index is 12.0. The first kappa shape index (κ1) is 16.1. The van der Waals surface area contributed by atoms with Crippen LogP contribution in [0.1, 0.15) is 40.0 Å². The Morgan fingerprint density at radius 1 is 1.21 bits per heavy atom. The monoisotopic (exact) mass is 289 g/mol. The molecule has 5 nitrogen and oxygen atoms in total. The fourth-order valence-corrected chi connectivity index (χ4v) is 3.88. The van der Waals surface area contributed by atoms with Gasteiger partial charge in [-0.2, -0.15) is 0 Å². The van der Waals surface area contributed by atoms with E-state index < -0.39 is 4.87 Å². The first-order chi connectivity index (χ1) is 9.09. The molecular formula is C13H23NO4S. The van der Waals surface area contributed by atoms with Gasteiger partial charge in [-0.25, -0.2) is 4.79 Å². The lowest BCUT2D eigenvalue weighted by Gasteiger charge is -2.36. The molecule has 1 rings (SSSR count). The van der Waals surface area contributed by atoms with Crippen LogP contribution in [0.15, 0.2) is 0 Å². The molecular weight excluding hydrogens is 266 g/mol. The average Bonchev–Trinajstić information content (AvgIpc) is 2.73. The second-order valence-corrected chi connectivity index (χ2v) is 5.83. The molecule has 0 aromatic carbocycles. The Labute approximate surface area is 119 Å². The van der Waals surface area contributed by atoms with Gasteiger partial charge < -0.3 is 9.47 Å². The Kier molecular flexibility index (Phi) is 6.48. The number of thioether (sulfide) groups is 1. The van der Waals surface area contributed by atoms with Crippen LogP contribution in [-0.4, -0.2) is 47.3 Å². The van der Waals surface area contributed by atoms with Crippen molar-refractivity contribution in [2.75, 3.05) is 25.5 Å². The molecule has 0 spiro atoms. The molecule has 0 saturated carbocycles. The van der Waals surface area contributed by atoms with E-state index in [0.29, 0.717) is 19.8 Å². The Balaban J connectivity index is 2.82. The van der Waals surface area contributed by atoms with Crippen LogP contribution in [0.25, 0.3) is 0 Å². The number of ether oxygens (including phenoxy) is 2. The van der Waals surface area contributed by atoms with E-state index in [-0.39, 0.29) is 18.5 Å². The predicted molar refractivity (Wildman–Crippen MR) is 75.1 cm³/mol. The molecule has 110 valence electrons. The molecule has 0 aliphatic carbocycles. The largest absolute Gasteiger partial charge is 0.466 e. The second-order valence-electron chi connectivity index (χ2n) is 4.38. The van der Waals surface area contributed by atoms with Crippen LogP contribution in [0.5, 0.6) is 0 Å². The van der Waals surface area contributed by atoms with Crippen LogP contribution in [0.4, 0.5) is 4.79 Å². The van der Waals surface area contributed by atoms with Gasteiger partial charge in [0, 0.05) is 12.3 Å². The van der Waals surface area contributed by atoms with Gasteiger partial charge in [-0.1, -0.05) is 13.3 Å². The normalized spacial score (nSPS) is 22.4. The van der Waals surface area contributed by atoms with Crippen LogP contribution in [0, 0.1) is 0 Å². The van der Waals surface area contributed by atoms with E-state index in [0.717, 1.165) is 18.6 Å². The van der Waals surface area contributed by atoms with Crippen LogP contribution in [-0.2, 0) is 14.3 Å². The van der Waals surface area contributed by atoms with Crippen LogP contribution in [0.3, 0.4) is 0 Å². The van der Waals surface area contributed by atoms with Gasteiger partial charge >= 0.3 is 12.1 Å². The summed E-state index contributed by atoms with van der Waals surface area (Å²) in [6, 6.07) is 0. The Bertz CT molecular complexity index is 324. The van der Waals surface area contributed by atoms with Crippen LogP contribution >= 0.6 is 11.8 Å². The fraction of sp³-hybridized carbons (Fsp3) is 0.846. The van der Waals surface area contributed by atoms with E-state index in [1.165, 1.54) is 0 Å². The number of carbonyl (C=O) groups excluding carboxylic acids is 2. The maximum Gasteiger partial charge on any atom is 0.410 e. The molecule has 1 amide bonds. The highest BCUT2D eigenvalue weighted by atomic mass is 32.2. The summed E-state index contributed by atoms with van der Waals surface area (Å²) in [4.78, 5) is 25.0. The van der Waals surface area contributed by atoms with Crippen molar-refractivity contribution in [3.8, 4) is 0 Å². The van der Waals surface area contributed by atoms with Gasteiger partial charge in [-0.15, -0.1) is 11.8 Å². The summed E-state index contributed by atoms with van der Waals surface area (Å²) in [5.41, 5.74) is 0.